The fourth-order valence-corrected chi connectivity index (χ4v) is 2.05. The second-order valence-electron chi connectivity index (χ2n) is 4.99. The van der Waals surface area contributed by atoms with E-state index in [2.05, 4.69) is 15.3 Å². The molecule has 0 saturated heterocycles. The van der Waals surface area contributed by atoms with E-state index in [1.165, 1.54) is 6.20 Å². The van der Waals surface area contributed by atoms with Gasteiger partial charge in [-0.15, -0.1) is 0 Å². The van der Waals surface area contributed by atoms with Crippen molar-refractivity contribution in [3.8, 4) is 11.6 Å². The Labute approximate surface area is 134 Å². The van der Waals surface area contributed by atoms with Crippen molar-refractivity contribution in [1.82, 2.24) is 9.97 Å². The van der Waals surface area contributed by atoms with Crippen LogP contribution < -0.4 is 10.1 Å². The van der Waals surface area contributed by atoms with Gasteiger partial charge in [0.05, 0.1) is 6.20 Å². The minimum Gasteiger partial charge on any atom is -0.438 e. The summed E-state index contributed by atoms with van der Waals surface area (Å²) in [5.41, 5.74) is 2.37. The Hall–Kier alpha value is -3.21. The number of amides is 1. The van der Waals surface area contributed by atoms with Crippen molar-refractivity contribution in [2.75, 3.05) is 5.32 Å². The standard InChI is InChI=1S/C18H15N3O2/c1-13-3-2-4-14(11-13)18(22)21-15-5-7-16(8-6-15)23-17-12-19-9-10-20-17/h2-12H,1H3,(H,21,22). The Bertz CT molecular complexity index is 802. The lowest BCUT2D eigenvalue weighted by atomic mass is 10.1. The lowest BCUT2D eigenvalue weighted by molar-refractivity contribution is 0.102. The predicted molar refractivity (Wildman–Crippen MR) is 87.7 cm³/mol. The molecule has 0 saturated carbocycles. The molecule has 0 aliphatic carbocycles. The Morgan fingerprint density at radius 3 is 2.61 bits per heavy atom. The number of hydrogen-bond acceptors (Lipinski definition) is 4. The van der Waals surface area contributed by atoms with Crippen LogP contribution in [0.3, 0.4) is 0 Å². The van der Waals surface area contributed by atoms with Gasteiger partial charge in [-0.25, -0.2) is 4.98 Å². The topological polar surface area (TPSA) is 64.1 Å². The second-order valence-corrected chi connectivity index (χ2v) is 4.99. The first-order valence-corrected chi connectivity index (χ1v) is 7.13. The van der Waals surface area contributed by atoms with E-state index in [1.54, 1.807) is 42.7 Å². The predicted octanol–water partition coefficient (Wildman–Crippen LogP) is 3.83. The molecule has 0 aliphatic rings. The summed E-state index contributed by atoms with van der Waals surface area (Å²) in [4.78, 5) is 20.2. The molecule has 1 heterocycles. The zero-order valence-electron chi connectivity index (χ0n) is 12.6. The number of aryl methyl sites for hydroxylation is 1. The van der Waals surface area contributed by atoms with Crippen molar-refractivity contribution >= 4 is 11.6 Å². The maximum atomic E-state index is 12.2. The van der Waals surface area contributed by atoms with Crippen LogP contribution in [-0.4, -0.2) is 15.9 Å². The summed E-state index contributed by atoms with van der Waals surface area (Å²) in [6.07, 6.45) is 4.68. The van der Waals surface area contributed by atoms with Crippen LogP contribution in [0.4, 0.5) is 5.69 Å². The third kappa shape index (κ3) is 3.91. The van der Waals surface area contributed by atoms with E-state index in [1.807, 2.05) is 25.1 Å². The molecular formula is C18H15N3O2. The normalized spacial score (nSPS) is 10.1. The number of ether oxygens (including phenoxy) is 1. The van der Waals surface area contributed by atoms with Crippen LogP contribution >= 0.6 is 0 Å². The summed E-state index contributed by atoms with van der Waals surface area (Å²) in [5.74, 6) is 0.902. The van der Waals surface area contributed by atoms with Crippen LogP contribution in [0, 0.1) is 6.92 Å². The molecule has 0 radical (unpaired) electrons. The van der Waals surface area contributed by atoms with E-state index in [-0.39, 0.29) is 5.91 Å². The summed E-state index contributed by atoms with van der Waals surface area (Å²) >= 11 is 0. The number of carbonyl (C=O) groups is 1. The van der Waals surface area contributed by atoms with Gasteiger partial charge in [-0.1, -0.05) is 17.7 Å². The highest BCUT2D eigenvalue weighted by atomic mass is 16.5. The fourth-order valence-electron chi connectivity index (χ4n) is 2.05. The average molecular weight is 305 g/mol. The van der Waals surface area contributed by atoms with E-state index in [9.17, 15) is 4.79 Å². The van der Waals surface area contributed by atoms with Crippen LogP contribution in [0.5, 0.6) is 11.6 Å². The summed E-state index contributed by atoms with van der Waals surface area (Å²) in [5, 5.41) is 2.85. The molecule has 1 N–H and O–H groups in total. The highest BCUT2D eigenvalue weighted by Crippen LogP contribution is 2.21. The van der Waals surface area contributed by atoms with Crippen LogP contribution in [0.1, 0.15) is 15.9 Å². The monoisotopic (exact) mass is 305 g/mol. The molecule has 0 unspecified atom stereocenters. The van der Waals surface area contributed by atoms with Crippen molar-refractivity contribution in [3.63, 3.8) is 0 Å². The highest BCUT2D eigenvalue weighted by Gasteiger charge is 2.06. The number of nitrogens with one attached hydrogen (secondary N) is 1. The molecule has 0 aliphatic heterocycles. The molecule has 0 spiro atoms. The molecule has 1 amide bonds. The van der Waals surface area contributed by atoms with Crippen LogP contribution in [0.25, 0.3) is 0 Å². The summed E-state index contributed by atoms with van der Waals surface area (Å²) in [7, 11) is 0. The van der Waals surface area contributed by atoms with Gasteiger partial charge in [0.15, 0.2) is 0 Å². The SMILES string of the molecule is Cc1cccc(C(=O)Nc2ccc(Oc3cnccn3)cc2)c1. The van der Waals surface area contributed by atoms with Crippen molar-refractivity contribution in [1.29, 1.82) is 0 Å². The molecule has 5 heteroatoms. The third-order valence-corrected chi connectivity index (χ3v) is 3.15. The van der Waals surface area contributed by atoms with E-state index >= 15 is 0 Å². The average Bonchev–Trinajstić information content (AvgIpc) is 2.57. The largest absolute Gasteiger partial charge is 0.438 e. The van der Waals surface area contributed by atoms with Crippen molar-refractivity contribution in [2.45, 2.75) is 6.92 Å². The molecule has 0 bridgehead atoms. The molecule has 5 nitrogen and oxygen atoms in total. The van der Waals surface area contributed by atoms with Gasteiger partial charge in [0, 0.05) is 23.6 Å². The summed E-state index contributed by atoms with van der Waals surface area (Å²) < 4.78 is 5.55. The number of rotatable bonds is 4. The molecule has 3 aromatic rings. The van der Waals surface area contributed by atoms with E-state index in [0.29, 0.717) is 22.9 Å². The van der Waals surface area contributed by atoms with Crippen LogP contribution in [0.2, 0.25) is 0 Å². The maximum Gasteiger partial charge on any atom is 0.255 e. The van der Waals surface area contributed by atoms with Crippen molar-refractivity contribution in [2.24, 2.45) is 0 Å². The van der Waals surface area contributed by atoms with Gasteiger partial charge in [0.25, 0.3) is 5.91 Å². The minimum atomic E-state index is -0.142. The number of aromatic nitrogens is 2. The summed E-state index contributed by atoms with van der Waals surface area (Å²) in [6, 6.07) is 14.5. The van der Waals surface area contributed by atoms with Crippen molar-refractivity contribution in [3.05, 3.63) is 78.2 Å². The first kappa shape index (κ1) is 14.7. The van der Waals surface area contributed by atoms with Gasteiger partial charge in [0.1, 0.15) is 5.75 Å². The molecule has 0 atom stereocenters. The smallest absolute Gasteiger partial charge is 0.255 e. The van der Waals surface area contributed by atoms with Gasteiger partial charge >= 0.3 is 0 Å². The molecular weight excluding hydrogens is 290 g/mol. The number of carbonyl (C=O) groups excluding carboxylic acids is 1. The molecule has 23 heavy (non-hydrogen) atoms. The Balaban J connectivity index is 1.67. The van der Waals surface area contributed by atoms with Gasteiger partial charge in [0.2, 0.25) is 5.88 Å². The number of hydrogen-bond donors (Lipinski definition) is 1. The zero-order chi connectivity index (χ0) is 16.1. The number of benzene rings is 2. The van der Waals surface area contributed by atoms with Gasteiger partial charge < -0.3 is 10.1 Å². The van der Waals surface area contributed by atoms with E-state index < -0.39 is 0 Å². The molecule has 0 fully saturated rings. The van der Waals surface area contributed by atoms with E-state index in [4.69, 9.17) is 4.74 Å². The molecule has 3 rings (SSSR count). The Kier molecular flexibility index (Phi) is 4.29. The number of anilines is 1. The second kappa shape index (κ2) is 6.70. The quantitative estimate of drug-likeness (QED) is 0.795. The lowest BCUT2D eigenvalue weighted by Crippen LogP contribution is -2.11. The Morgan fingerprint density at radius 1 is 1.09 bits per heavy atom. The minimum absolute atomic E-state index is 0.142. The summed E-state index contributed by atoms with van der Waals surface area (Å²) in [6.45, 7) is 1.95. The first-order chi connectivity index (χ1) is 11.2. The first-order valence-electron chi connectivity index (χ1n) is 7.13. The Morgan fingerprint density at radius 2 is 1.91 bits per heavy atom. The number of nitrogens with zero attached hydrogens (tertiary/aromatic N) is 2. The zero-order valence-corrected chi connectivity index (χ0v) is 12.6. The molecule has 114 valence electrons. The van der Waals surface area contributed by atoms with Gasteiger partial charge in [-0.2, -0.15) is 0 Å². The van der Waals surface area contributed by atoms with Gasteiger partial charge in [-0.3, -0.25) is 9.78 Å². The molecule has 2 aromatic carbocycles. The fraction of sp³-hybridized carbons (Fsp3) is 0.0556. The van der Waals surface area contributed by atoms with Crippen LogP contribution in [0.15, 0.2) is 67.1 Å². The highest BCUT2D eigenvalue weighted by molar-refractivity contribution is 6.04. The van der Waals surface area contributed by atoms with Crippen molar-refractivity contribution < 1.29 is 9.53 Å². The van der Waals surface area contributed by atoms with Gasteiger partial charge in [-0.05, 0) is 43.3 Å². The van der Waals surface area contributed by atoms with Crippen LogP contribution in [-0.2, 0) is 0 Å². The molecule has 1 aromatic heterocycles. The van der Waals surface area contributed by atoms with E-state index in [0.717, 1.165) is 5.56 Å². The lowest BCUT2D eigenvalue weighted by Gasteiger charge is -2.08. The maximum absolute atomic E-state index is 12.2. The third-order valence-electron chi connectivity index (χ3n) is 3.15.